The third kappa shape index (κ3) is 3.01. The van der Waals surface area contributed by atoms with Crippen molar-refractivity contribution in [3.8, 4) is 11.5 Å². The Bertz CT molecular complexity index is 768. The fourth-order valence-corrected chi connectivity index (χ4v) is 2.86. The van der Waals surface area contributed by atoms with Crippen molar-refractivity contribution in [1.82, 2.24) is 25.0 Å². The molecular weight excluding hydrogens is 305 g/mol. The van der Waals surface area contributed by atoms with E-state index in [1.165, 1.54) is 23.9 Å². The summed E-state index contributed by atoms with van der Waals surface area (Å²) in [6.07, 6.45) is 0. The number of aromatic nitrogens is 5. The topological polar surface area (TPSA) is 69.6 Å². The first-order valence-electron chi connectivity index (χ1n) is 6.78. The van der Waals surface area contributed by atoms with E-state index in [4.69, 9.17) is 4.42 Å². The lowest BCUT2D eigenvalue weighted by atomic mass is 10.2. The van der Waals surface area contributed by atoms with E-state index in [9.17, 15) is 4.39 Å². The minimum absolute atomic E-state index is 0.298. The van der Waals surface area contributed by atoms with Crippen LogP contribution in [0.4, 0.5) is 4.39 Å². The molecule has 0 aliphatic heterocycles. The van der Waals surface area contributed by atoms with Crippen LogP contribution in [0.3, 0.4) is 0 Å². The quantitative estimate of drug-likeness (QED) is 0.673. The van der Waals surface area contributed by atoms with Gasteiger partial charge in [-0.1, -0.05) is 11.8 Å². The normalized spacial score (nSPS) is 11.0. The number of benzene rings is 1. The second-order valence-corrected chi connectivity index (χ2v) is 5.51. The number of rotatable bonds is 5. The maximum Gasteiger partial charge on any atom is 0.247 e. The predicted octanol–water partition coefficient (Wildman–Crippen LogP) is 3.09. The van der Waals surface area contributed by atoms with Crippen LogP contribution in [0, 0.1) is 12.7 Å². The second kappa shape index (κ2) is 6.27. The van der Waals surface area contributed by atoms with Crippen molar-refractivity contribution in [2.45, 2.75) is 31.3 Å². The highest BCUT2D eigenvalue weighted by atomic mass is 32.2. The van der Waals surface area contributed by atoms with Gasteiger partial charge in [0.2, 0.25) is 11.8 Å². The van der Waals surface area contributed by atoms with Crippen molar-refractivity contribution in [3.63, 3.8) is 0 Å². The van der Waals surface area contributed by atoms with E-state index in [0.717, 1.165) is 17.5 Å². The van der Waals surface area contributed by atoms with Crippen LogP contribution in [-0.2, 0) is 12.3 Å². The lowest BCUT2D eigenvalue weighted by Crippen LogP contribution is -1.99. The Morgan fingerprint density at radius 3 is 2.64 bits per heavy atom. The van der Waals surface area contributed by atoms with Gasteiger partial charge in [0.15, 0.2) is 5.16 Å². The molecule has 3 rings (SSSR count). The number of hydrogen-bond donors (Lipinski definition) is 0. The molecule has 0 spiro atoms. The predicted molar refractivity (Wildman–Crippen MR) is 79.7 cm³/mol. The van der Waals surface area contributed by atoms with Gasteiger partial charge in [0.1, 0.15) is 11.6 Å². The minimum Gasteiger partial charge on any atom is -0.420 e. The zero-order chi connectivity index (χ0) is 15.5. The Kier molecular flexibility index (Phi) is 4.19. The Hall–Kier alpha value is -2.22. The third-order valence-electron chi connectivity index (χ3n) is 3.10. The highest BCUT2D eigenvalue weighted by Gasteiger charge is 2.12. The van der Waals surface area contributed by atoms with Gasteiger partial charge in [0.05, 0.1) is 5.75 Å². The van der Waals surface area contributed by atoms with Gasteiger partial charge >= 0.3 is 0 Å². The van der Waals surface area contributed by atoms with E-state index in [0.29, 0.717) is 23.1 Å². The lowest BCUT2D eigenvalue weighted by Gasteiger charge is -2.02. The van der Waals surface area contributed by atoms with Crippen molar-refractivity contribution < 1.29 is 8.81 Å². The van der Waals surface area contributed by atoms with Gasteiger partial charge in [-0.15, -0.1) is 20.4 Å². The van der Waals surface area contributed by atoms with Gasteiger partial charge in [-0.25, -0.2) is 4.39 Å². The first-order chi connectivity index (χ1) is 10.7. The average molecular weight is 319 g/mol. The Morgan fingerprint density at radius 2 is 1.91 bits per heavy atom. The van der Waals surface area contributed by atoms with Crippen LogP contribution < -0.4 is 0 Å². The van der Waals surface area contributed by atoms with Gasteiger partial charge in [-0.05, 0) is 38.1 Å². The van der Waals surface area contributed by atoms with E-state index in [1.54, 1.807) is 12.1 Å². The molecule has 0 aliphatic rings. The molecule has 0 saturated carbocycles. The van der Waals surface area contributed by atoms with E-state index >= 15 is 0 Å². The highest BCUT2D eigenvalue weighted by Crippen LogP contribution is 2.24. The molecule has 0 saturated heterocycles. The van der Waals surface area contributed by atoms with E-state index in [2.05, 4.69) is 20.4 Å². The summed E-state index contributed by atoms with van der Waals surface area (Å²) in [6.45, 7) is 4.77. The molecule has 0 radical (unpaired) electrons. The molecule has 3 aromatic rings. The molecule has 0 fully saturated rings. The smallest absolute Gasteiger partial charge is 0.247 e. The number of nitrogens with zero attached hydrogens (tertiary/aromatic N) is 5. The van der Waals surface area contributed by atoms with Gasteiger partial charge in [0.25, 0.3) is 0 Å². The molecular formula is C14H14FN5OS. The maximum atomic E-state index is 12.9. The van der Waals surface area contributed by atoms with Gasteiger partial charge in [-0.2, -0.15) is 0 Å². The molecule has 1 aromatic carbocycles. The summed E-state index contributed by atoms with van der Waals surface area (Å²) in [5, 5.41) is 17.0. The SMILES string of the molecule is CCn1c(C)nnc1SCc1nnc(-c2ccc(F)cc2)o1. The largest absolute Gasteiger partial charge is 0.420 e. The molecule has 8 heteroatoms. The monoisotopic (exact) mass is 319 g/mol. The molecule has 2 aromatic heterocycles. The standard InChI is InChI=1S/C14H14FN5OS/c1-3-20-9(2)16-19-14(20)22-8-12-17-18-13(21-12)10-4-6-11(15)7-5-10/h4-7H,3,8H2,1-2H3. The van der Waals surface area contributed by atoms with Crippen LogP contribution >= 0.6 is 11.8 Å². The molecule has 114 valence electrons. The van der Waals surface area contributed by atoms with E-state index in [-0.39, 0.29) is 5.82 Å². The Labute approximate surface area is 130 Å². The van der Waals surface area contributed by atoms with Crippen LogP contribution in [0.25, 0.3) is 11.5 Å². The summed E-state index contributed by atoms with van der Waals surface area (Å²) in [7, 11) is 0. The molecule has 6 nitrogen and oxygen atoms in total. The highest BCUT2D eigenvalue weighted by molar-refractivity contribution is 7.98. The number of thioether (sulfide) groups is 1. The summed E-state index contributed by atoms with van der Waals surface area (Å²) in [6, 6.07) is 5.94. The summed E-state index contributed by atoms with van der Waals surface area (Å²) < 4.78 is 20.5. The number of aryl methyl sites for hydroxylation is 1. The van der Waals surface area contributed by atoms with Gasteiger partial charge < -0.3 is 8.98 Å². The van der Waals surface area contributed by atoms with Crippen molar-refractivity contribution >= 4 is 11.8 Å². The fourth-order valence-electron chi connectivity index (χ4n) is 1.98. The molecule has 0 amide bonds. The fraction of sp³-hybridized carbons (Fsp3) is 0.286. The molecule has 0 atom stereocenters. The van der Waals surface area contributed by atoms with Crippen molar-refractivity contribution in [1.29, 1.82) is 0 Å². The lowest BCUT2D eigenvalue weighted by molar-refractivity contribution is 0.527. The molecule has 2 heterocycles. The zero-order valence-corrected chi connectivity index (χ0v) is 13.0. The van der Waals surface area contributed by atoms with Crippen LogP contribution in [0.1, 0.15) is 18.6 Å². The van der Waals surface area contributed by atoms with Crippen LogP contribution in [0.15, 0.2) is 33.8 Å². The number of hydrogen-bond acceptors (Lipinski definition) is 6. The Morgan fingerprint density at radius 1 is 1.14 bits per heavy atom. The van der Waals surface area contributed by atoms with Crippen LogP contribution in [0.2, 0.25) is 0 Å². The molecule has 0 aliphatic carbocycles. The molecule has 22 heavy (non-hydrogen) atoms. The van der Waals surface area contributed by atoms with Gasteiger partial charge in [-0.3, -0.25) is 0 Å². The minimum atomic E-state index is -0.298. The van der Waals surface area contributed by atoms with Crippen molar-refractivity contribution in [3.05, 3.63) is 41.8 Å². The summed E-state index contributed by atoms with van der Waals surface area (Å²) in [5.74, 6) is 1.96. The average Bonchev–Trinajstić information content (AvgIpc) is 3.12. The summed E-state index contributed by atoms with van der Waals surface area (Å²) in [5.41, 5.74) is 0.692. The van der Waals surface area contributed by atoms with Crippen LogP contribution in [0.5, 0.6) is 0 Å². The van der Waals surface area contributed by atoms with Gasteiger partial charge in [0, 0.05) is 12.1 Å². The molecule has 0 N–H and O–H groups in total. The van der Waals surface area contributed by atoms with Crippen LogP contribution in [-0.4, -0.2) is 25.0 Å². The maximum absolute atomic E-state index is 12.9. The summed E-state index contributed by atoms with van der Waals surface area (Å²) in [4.78, 5) is 0. The first-order valence-corrected chi connectivity index (χ1v) is 7.77. The van der Waals surface area contributed by atoms with E-state index in [1.807, 2.05) is 18.4 Å². The Balaban J connectivity index is 1.70. The number of halogens is 1. The zero-order valence-electron chi connectivity index (χ0n) is 12.2. The third-order valence-corrected chi connectivity index (χ3v) is 4.05. The first kappa shape index (κ1) is 14.7. The van der Waals surface area contributed by atoms with Crippen molar-refractivity contribution in [2.24, 2.45) is 0 Å². The van der Waals surface area contributed by atoms with Crippen molar-refractivity contribution in [2.75, 3.05) is 0 Å². The molecule has 0 bridgehead atoms. The molecule has 0 unspecified atom stereocenters. The van der Waals surface area contributed by atoms with E-state index < -0.39 is 0 Å². The summed E-state index contributed by atoms with van der Waals surface area (Å²) >= 11 is 1.49. The second-order valence-electron chi connectivity index (χ2n) is 4.57.